The van der Waals surface area contributed by atoms with Crippen molar-refractivity contribution in [3.05, 3.63) is 0 Å². The van der Waals surface area contributed by atoms with Crippen LogP contribution < -0.4 is 5.32 Å². The van der Waals surface area contributed by atoms with Crippen molar-refractivity contribution < 1.29 is 19.4 Å². The molecular weight excluding hydrogens is 224 g/mol. The number of carbonyl (C=O) groups is 2. The maximum absolute atomic E-state index is 11.9. The van der Waals surface area contributed by atoms with Gasteiger partial charge in [0.2, 0.25) is 0 Å². The number of nitrogens with one attached hydrogen (secondary N) is 1. The van der Waals surface area contributed by atoms with E-state index in [0.29, 0.717) is 26.0 Å². The molecule has 1 fully saturated rings. The Labute approximate surface area is 101 Å². The normalized spacial score (nSPS) is 16.7. The number of methoxy groups -OCH3 is 1. The zero-order valence-electron chi connectivity index (χ0n) is 10.5. The number of urea groups is 1. The fraction of sp³-hybridized carbons (Fsp3) is 0.818. The van der Waals surface area contributed by atoms with Crippen LogP contribution >= 0.6 is 0 Å². The molecule has 0 saturated heterocycles. The lowest BCUT2D eigenvalue weighted by Crippen LogP contribution is -2.52. The highest BCUT2D eigenvalue weighted by Crippen LogP contribution is 2.35. The summed E-state index contributed by atoms with van der Waals surface area (Å²) < 4.78 is 4.93. The molecule has 6 heteroatoms. The first-order chi connectivity index (χ1) is 7.93. The van der Waals surface area contributed by atoms with Gasteiger partial charge in [0, 0.05) is 19.7 Å². The van der Waals surface area contributed by atoms with Crippen molar-refractivity contribution in [2.45, 2.75) is 38.3 Å². The van der Waals surface area contributed by atoms with Crippen LogP contribution in [0.15, 0.2) is 0 Å². The number of hydrogen-bond acceptors (Lipinski definition) is 3. The van der Waals surface area contributed by atoms with Gasteiger partial charge in [0.1, 0.15) is 5.54 Å². The third kappa shape index (κ3) is 3.33. The molecule has 0 aromatic carbocycles. The monoisotopic (exact) mass is 244 g/mol. The second-order valence-corrected chi connectivity index (χ2v) is 4.60. The summed E-state index contributed by atoms with van der Waals surface area (Å²) >= 11 is 0. The van der Waals surface area contributed by atoms with Crippen molar-refractivity contribution in [2.24, 2.45) is 0 Å². The maximum Gasteiger partial charge on any atom is 0.329 e. The van der Waals surface area contributed by atoms with Crippen molar-refractivity contribution in [3.8, 4) is 0 Å². The molecule has 0 aliphatic heterocycles. The third-order valence-electron chi connectivity index (χ3n) is 2.93. The highest BCUT2D eigenvalue weighted by Gasteiger charge is 2.52. The Morgan fingerprint density at radius 2 is 2.06 bits per heavy atom. The topological polar surface area (TPSA) is 78.9 Å². The fourth-order valence-electron chi connectivity index (χ4n) is 1.58. The standard InChI is InChI=1S/C11H20N2O4/c1-8(2)13(6-7-17-3)10(16)12-11(4-5-11)9(14)15/h8H,4-7H2,1-3H3,(H,12,16)(H,14,15). The highest BCUT2D eigenvalue weighted by molar-refractivity contribution is 5.89. The SMILES string of the molecule is COCCN(C(=O)NC1(C(=O)O)CC1)C(C)C. The van der Waals surface area contributed by atoms with E-state index in [1.807, 2.05) is 13.8 Å². The molecule has 0 unspecified atom stereocenters. The summed E-state index contributed by atoms with van der Waals surface area (Å²) in [6, 6.07) is -0.327. The summed E-state index contributed by atoms with van der Waals surface area (Å²) in [5, 5.41) is 11.6. The second-order valence-electron chi connectivity index (χ2n) is 4.60. The number of nitrogens with zero attached hydrogens (tertiary/aromatic N) is 1. The van der Waals surface area contributed by atoms with Crippen LogP contribution in [-0.2, 0) is 9.53 Å². The van der Waals surface area contributed by atoms with Crippen molar-refractivity contribution in [1.82, 2.24) is 10.2 Å². The smallest absolute Gasteiger partial charge is 0.329 e. The van der Waals surface area contributed by atoms with Crippen LogP contribution in [0.2, 0.25) is 0 Å². The summed E-state index contributed by atoms with van der Waals surface area (Å²) in [4.78, 5) is 24.5. The summed E-state index contributed by atoms with van der Waals surface area (Å²) in [5.74, 6) is -0.957. The number of carbonyl (C=O) groups excluding carboxylic acids is 1. The van der Waals surface area contributed by atoms with Gasteiger partial charge in [-0.15, -0.1) is 0 Å². The largest absolute Gasteiger partial charge is 0.480 e. The van der Waals surface area contributed by atoms with Gasteiger partial charge < -0.3 is 20.1 Å². The zero-order valence-corrected chi connectivity index (χ0v) is 10.5. The molecule has 1 aliphatic rings. The van der Waals surface area contributed by atoms with Gasteiger partial charge in [-0.25, -0.2) is 9.59 Å². The molecule has 0 atom stereocenters. The van der Waals surface area contributed by atoms with Gasteiger partial charge in [-0.3, -0.25) is 0 Å². The van der Waals surface area contributed by atoms with Gasteiger partial charge in [0.05, 0.1) is 6.61 Å². The average molecular weight is 244 g/mol. The van der Waals surface area contributed by atoms with Gasteiger partial charge in [0.15, 0.2) is 0 Å². The van der Waals surface area contributed by atoms with Crippen LogP contribution in [0.5, 0.6) is 0 Å². The van der Waals surface area contributed by atoms with Crippen molar-refractivity contribution in [2.75, 3.05) is 20.3 Å². The molecule has 1 saturated carbocycles. The van der Waals surface area contributed by atoms with E-state index in [0.717, 1.165) is 0 Å². The van der Waals surface area contributed by atoms with E-state index >= 15 is 0 Å². The van der Waals surface area contributed by atoms with E-state index in [9.17, 15) is 9.59 Å². The molecule has 1 aliphatic carbocycles. The fourth-order valence-corrected chi connectivity index (χ4v) is 1.58. The van der Waals surface area contributed by atoms with E-state index in [1.54, 1.807) is 12.0 Å². The predicted molar refractivity (Wildman–Crippen MR) is 61.9 cm³/mol. The number of amides is 2. The first-order valence-electron chi connectivity index (χ1n) is 5.74. The quantitative estimate of drug-likeness (QED) is 0.719. The average Bonchev–Trinajstić information content (AvgIpc) is 2.99. The zero-order chi connectivity index (χ0) is 13.1. The molecule has 2 N–H and O–H groups in total. The Hall–Kier alpha value is -1.30. The number of carboxylic acid groups (broad SMARTS) is 1. The lowest BCUT2D eigenvalue weighted by Gasteiger charge is -2.28. The number of aliphatic carboxylic acids is 1. The van der Waals surface area contributed by atoms with Crippen LogP contribution in [0.3, 0.4) is 0 Å². The van der Waals surface area contributed by atoms with Gasteiger partial charge in [-0.05, 0) is 26.7 Å². The Morgan fingerprint density at radius 1 is 1.47 bits per heavy atom. The molecule has 17 heavy (non-hydrogen) atoms. The van der Waals surface area contributed by atoms with Gasteiger partial charge in [-0.2, -0.15) is 0 Å². The van der Waals surface area contributed by atoms with E-state index in [1.165, 1.54) is 0 Å². The number of ether oxygens (including phenoxy) is 1. The Kier molecular flexibility index (Phi) is 4.34. The van der Waals surface area contributed by atoms with E-state index in [2.05, 4.69) is 5.32 Å². The molecule has 0 spiro atoms. The first kappa shape index (κ1) is 13.8. The van der Waals surface area contributed by atoms with E-state index in [-0.39, 0.29) is 12.1 Å². The molecule has 1 rings (SSSR count). The van der Waals surface area contributed by atoms with Crippen LogP contribution in [0.4, 0.5) is 4.79 Å². The number of hydrogen-bond donors (Lipinski definition) is 2. The molecule has 0 heterocycles. The summed E-state index contributed by atoms with van der Waals surface area (Å²) in [5.41, 5.74) is -1.03. The summed E-state index contributed by atoms with van der Waals surface area (Å²) in [6.45, 7) is 4.66. The molecule has 0 aromatic rings. The van der Waals surface area contributed by atoms with Crippen LogP contribution in [0.25, 0.3) is 0 Å². The van der Waals surface area contributed by atoms with Crippen LogP contribution in [0, 0.1) is 0 Å². The molecule has 6 nitrogen and oxygen atoms in total. The van der Waals surface area contributed by atoms with Crippen molar-refractivity contribution >= 4 is 12.0 Å². The first-order valence-corrected chi connectivity index (χ1v) is 5.74. The lowest BCUT2D eigenvalue weighted by atomic mass is 10.2. The third-order valence-corrected chi connectivity index (χ3v) is 2.93. The maximum atomic E-state index is 11.9. The van der Waals surface area contributed by atoms with Crippen LogP contribution in [-0.4, -0.2) is 53.8 Å². The number of rotatable bonds is 6. The Balaban J connectivity index is 2.56. The minimum atomic E-state index is -1.03. The minimum Gasteiger partial charge on any atom is -0.480 e. The predicted octanol–water partition coefficient (Wildman–Crippen LogP) is 0.670. The van der Waals surface area contributed by atoms with Gasteiger partial charge in [0.25, 0.3) is 0 Å². The minimum absolute atomic E-state index is 0.00902. The van der Waals surface area contributed by atoms with Gasteiger partial charge in [-0.1, -0.05) is 0 Å². The van der Waals surface area contributed by atoms with Crippen molar-refractivity contribution in [3.63, 3.8) is 0 Å². The number of carboxylic acids is 1. The van der Waals surface area contributed by atoms with E-state index in [4.69, 9.17) is 9.84 Å². The summed E-state index contributed by atoms with van der Waals surface area (Å²) in [7, 11) is 1.57. The summed E-state index contributed by atoms with van der Waals surface area (Å²) in [6.07, 6.45) is 1.01. The second kappa shape index (κ2) is 5.35. The molecular formula is C11H20N2O4. The Morgan fingerprint density at radius 3 is 2.41 bits per heavy atom. The molecule has 0 aromatic heterocycles. The molecule has 0 radical (unpaired) electrons. The Bertz CT molecular complexity index is 300. The van der Waals surface area contributed by atoms with Crippen molar-refractivity contribution in [1.29, 1.82) is 0 Å². The molecule has 0 bridgehead atoms. The van der Waals surface area contributed by atoms with Crippen LogP contribution in [0.1, 0.15) is 26.7 Å². The molecule has 2 amide bonds. The molecule has 98 valence electrons. The highest BCUT2D eigenvalue weighted by atomic mass is 16.5. The lowest BCUT2D eigenvalue weighted by molar-refractivity contribution is -0.140. The van der Waals surface area contributed by atoms with Gasteiger partial charge >= 0.3 is 12.0 Å². The van der Waals surface area contributed by atoms with E-state index < -0.39 is 11.5 Å².